The van der Waals surface area contributed by atoms with E-state index in [4.69, 9.17) is 4.74 Å². The highest BCUT2D eigenvalue weighted by Crippen LogP contribution is 2.29. The van der Waals surface area contributed by atoms with Gasteiger partial charge in [-0.15, -0.1) is 0 Å². The molecule has 1 saturated heterocycles. The Balaban J connectivity index is 2.12. The molecule has 2 heterocycles. The number of benzene rings is 1. The maximum atomic E-state index is 9.39. The third-order valence-electron chi connectivity index (χ3n) is 3.32. The van der Waals surface area contributed by atoms with Gasteiger partial charge in [0.1, 0.15) is 0 Å². The summed E-state index contributed by atoms with van der Waals surface area (Å²) in [5.74, 6) is 0. The first kappa shape index (κ1) is 12.1. The first-order chi connectivity index (χ1) is 8.79. The Kier molecular flexibility index (Phi) is 3.37. The molecule has 1 atom stereocenters. The van der Waals surface area contributed by atoms with Gasteiger partial charge < -0.3 is 9.84 Å². The topological polar surface area (TPSA) is 47.3 Å². The van der Waals surface area contributed by atoms with E-state index in [0.717, 1.165) is 41.2 Å². The fourth-order valence-corrected chi connectivity index (χ4v) is 2.78. The molecular weight excluding hydrogens is 296 g/mol. The molecule has 1 N–H and O–H groups in total. The Morgan fingerprint density at radius 1 is 1.44 bits per heavy atom. The minimum Gasteiger partial charge on any atom is -0.390 e. The maximum Gasteiger partial charge on any atom is 0.150 e. The molecule has 1 aliphatic rings. The number of aromatic nitrogens is 2. The molecule has 1 aliphatic heterocycles. The Bertz CT molecular complexity index is 561. The fraction of sp³-hybridized carbons (Fsp3) is 0.462. The van der Waals surface area contributed by atoms with Crippen LogP contribution in [0.25, 0.3) is 10.9 Å². The van der Waals surface area contributed by atoms with Crippen molar-refractivity contribution in [2.75, 3.05) is 6.61 Å². The van der Waals surface area contributed by atoms with Gasteiger partial charge in [0, 0.05) is 16.5 Å². The van der Waals surface area contributed by atoms with Gasteiger partial charge in [-0.1, -0.05) is 15.9 Å². The third-order valence-corrected chi connectivity index (χ3v) is 3.82. The van der Waals surface area contributed by atoms with Gasteiger partial charge in [-0.05, 0) is 37.5 Å². The highest BCUT2D eigenvalue weighted by molar-refractivity contribution is 9.10. The third kappa shape index (κ3) is 2.06. The molecule has 3 rings (SSSR count). The molecule has 0 saturated carbocycles. The minimum absolute atomic E-state index is 0.00384. The van der Waals surface area contributed by atoms with Crippen molar-refractivity contribution >= 4 is 26.8 Å². The monoisotopic (exact) mass is 310 g/mol. The predicted molar refractivity (Wildman–Crippen MR) is 72.2 cm³/mol. The van der Waals surface area contributed by atoms with Gasteiger partial charge in [-0.3, -0.25) is 0 Å². The molecule has 96 valence electrons. The van der Waals surface area contributed by atoms with Gasteiger partial charge in [0.25, 0.3) is 0 Å². The van der Waals surface area contributed by atoms with E-state index in [1.165, 1.54) is 0 Å². The second-order valence-electron chi connectivity index (χ2n) is 4.53. The first-order valence-corrected chi connectivity index (χ1v) is 6.98. The summed E-state index contributed by atoms with van der Waals surface area (Å²) in [6, 6.07) is 5.98. The molecule has 1 unspecified atom stereocenters. The van der Waals surface area contributed by atoms with Crippen LogP contribution in [0, 0.1) is 0 Å². The van der Waals surface area contributed by atoms with E-state index in [1.807, 2.05) is 22.9 Å². The number of rotatable bonds is 2. The van der Waals surface area contributed by atoms with E-state index >= 15 is 0 Å². The lowest BCUT2D eigenvalue weighted by Gasteiger charge is -2.23. The van der Waals surface area contributed by atoms with Crippen LogP contribution in [0.15, 0.2) is 22.7 Å². The lowest BCUT2D eigenvalue weighted by Crippen LogP contribution is -2.19. The number of hydrogen-bond acceptors (Lipinski definition) is 3. The fourth-order valence-electron chi connectivity index (χ4n) is 2.43. The predicted octanol–water partition coefficient (Wildman–Crippen LogP) is 2.99. The van der Waals surface area contributed by atoms with Crippen LogP contribution in [0.4, 0.5) is 0 Å². The minimum atomic E-state index is -0.0438. The molecule has 1 fully saturated rings. The Labute approximate surface area is 114 Å². The molecule has 2 aromatic rings. The Hall–Kier alpha value is -0.910. The van der Waals surface area contributed by atoms with Gasteiger partial charge in [-0.2, -0.15) is 5.10 Å². The van der Waals surface area contributed by atoms with Crippen LogP contribution < -0.4 is 0 Å². The van der Waals surface area contributed by atoms with Gasteiger partial charge in [0.15, 0.2) is 6.23 Å². The summed E-state index contributed by atoms with van der Waals surface area (Å²) in [5, 5.41) is 14.9. The summed E-state index contributed by atoms with van der Waals surface area (Å²) < 4.78 is 8.69. The highest BCUT2D eigenvalue weighted by Gasteiger charge is 2.20. The standard InChI is InChI=1S/C13H15BrN2O2/c14-9-4-5-10-11(8-17)15-16(12(10)7-9)13-3-1-2-6-18-13/h4-5,7,13,17H,1-3,6,8H2. The number of halogens is 1. The van der Waals surface area contributed by atoms with Crippen molar-refractivity contribution in [3.05, 3.63) is 28.4 Å². The number of fused-ring (bicyclic) bond motifs is 1. The van der Waals surface area contributed by atoms with E-state index in [1.54, 1.807) is 0 Å². The van der Waals surface area contributed by atoms with Crippen LogP contribution in [-0.2, 0) is 11.3 Å². The van der Waals surface area contributed by atoms with Gasteiger partial charge in [0.05, 0.1) is 17.8 Å². The molecule has 1 aromatic heterocycles. The number of aliphatic hydroxyl groups is 1. The largest absolute Gasteiger partial charge is 0.390 e. The van der Waals surface area contributed by atoms with Crippen molar-refractivity contribution in [1.82, 2.24) is 9.78 Å². The van der Waals surface area contributed by atoms with Crippen LogP contribution in [0.3, 0.4) is 0 Å². The van der Waals surface area contributed by atoms with Gasteiger partial charge in [0.2, 0.25) is 0 Å². The number of nitrogens with zero attached hydrogens (tertiary/aromatic N) is 2. The maximum absolute atomic E-state index is 9.39. The number of ether oxygens (including phenoxy) is 1. The van der Waals surface area contributed by atoms with E-state index in [9.17, 15) is 5.11 Å². The first-order valence-electron chi connectivity index (χ1n) is 6.18. The van der Waals surface area contributed by atoms with E-state index in [0.29, 0.717) is 5.69 Å². The molecule has 0 radical (unpaired) electrons. The van der Waals surface area contributed by atoms with E-state index in [-0.39, 0.29) is 12.8 Å². The average Bonchev–Trinajstić information content (AvgIpc) is 2.77. The molecule has 1 aromatic carbocycles. The summed E-state index contributed by atoms with van der Waals surface area (Å²) in [7, 11) is 0. The quantitative estimate of drug-likeness (QED) is 0.927. The van der Waals surface area contributed by atoms with E-state index in [2.05, 4.69) is 21.0 Å². The molecule has 0 bridgehead atoms. The molecule has 0 amide bonds. The Morgan fingerprint density at radius 3 is 3.06 bits per heavy atom. The summed E-state index contributed by atoms with van der Waals surface area (Å²) >= 11 is 3.48. The second kappa shape index (κ2) is 4.99. The summed E-state index contributed by atoms with van der Waals surface area (Å²) in [6.07, 6.45) is 3.25. The smallest absolute Gasteiger partial charge is 0.150 e. The van der Waals surface area contributed by atoms with Gasteiger partial charge >= 0.3 is 0 Å². The zero-order chi connectivity index (χ0) is 12.5. The summed E-state index contributed by atoms with van der Waals surface area (Å²) in [5.41, 5.74) is 1.73. The molecular formula is C13H15BrN2O2. The van der Waals surface area contributed by atoms with Crippen molar-refractivity contribution in [1.29, 1.82) is 0 Å². The SMILES string of the molecule is OCc1nn(C2CCCCO2)c2cc(Br)ccc12. The number of hydrogen-bond donors (Lipinski definition) is 1. The van der Waals surface area contributed by atoms with Crippen LogP contribution in [0.2, 0.25) is 0 Å². The lowest BCUT2D eigenvalue weighted by atomic mass is 10.2. The number of aliphatic hydroxyl groups excluding tert-OH is 1. The summed E-state index contributed by atoms with van der Waals surface area (Å²) in [6.45, 7) is 0.742. The molecule has 0 spiro atoms. The highest BCUT2D eigenvalue weighted by atomic mass is 79.9. The molecule has 5 heteroatoms. The van der Waals surface area contributed by atoms with Crippen molar-refractivity contribution in [3.63, 3.8) is 0 Å². The molecule has 4 nitrogen and oxygen atoms in total. The Morgan fingerprint density at radius 2 is 2.33 bits per heavy atom. The van der Waals surface area contributed by atoms with Crippen molar-refractivity contribution in [2.45, 2.75) is 32.1 Å². The van der Waals surface area contributed by atoms with Crippen molar-refractivity contribution < 1.29 is 9.84 Å². The van der Waals surface area contributed by atoms with Crippen LogP contribution in [0.5, 0.6) is 0 Å². The van der Waals surface area contributed by atoms with Crippen LogP contribution in [-0.4, -0.2) is 21.5 Å². The normalized spacial score (nSPS) is 20.4. The van der Waals surface area contributed by atoms with E-state index < -0.39 is 0 Å². The zero-order valence-electron chi connectivity index (χ0n) is 9.97. The van der Waals surface area contributed by atoms with Crippen LogP contribution >= 0.6 is 15.9 Å². The lowest BCUT2D eigenvalue weighted by molar-refractivity contribution is -0.0370. The van der Waals surface area contributed by atoms with Gasteiger partial charge in [-0.25, -0.2) is 4.68 Å². The molecule has 0 aliphatic carbocycles. The average molecular weight is 311 g/mol. The van der Waals surface area contributed by atoms with Crippen molar-refractivity contribution in [3.8, 4) is 0 Å². The van der Waals surface area contributed by atoms with Crippen molar-refractivity contribution in [2.24, 2.45) is 0 Å². The molecule has 18 heavy (non-hydrogen) atoms. The second-order valence-corrected chi connectivity index (χ2v) is 5.45. The zero-order valence-corrected chi connectivity index (χ0v) is 11.6. The summed E-state index contributed by atoms with van der Waals surface area (Å²) in [4.78, 5) is 0. The van der Waals surface area contributed by atoms with Crippen LogP contribution in [0.1, 0.15) is 31.2 Å².